The van der Waals surface area contributed by atoms with Crippen molar-refractivity contribution in [3.63, 3.8) is 0 Å². The number of fused-ring (bicyclic) bond motifs is 1. The van der Waals surface area contributed by atoms with Gasteiger partial charge in [0.1, 0.15) is 28.5 Å². The van der Waals surface area contributed by atoms with Crippen molar-refractivity contribution in [2.45, 2.75) is 41.8 Å². The molecule has 0 amide bonds. The maximum absolute atomic E-state index is 11.9. The molecule has 2 saturated carbocycles. The van der Waals surface area contributed by atoms with E-state index >= 15 is 0 Å². The Morgan fingerprint density at radius 2 is 2.25 bits per heavy atom. The van der Waals surface area contributed by atoms with E-state index in [1.807, 2.05) is 0 Å². The number of aliphatic hydroxyl groups is 2. The highest BCUT2D eigenvalue weighted by atomic mass is 35.5. The standard InChI is InChI=1S/C12H14ClN3O4/c13-7-8(16-4-3-6(14)15-10(16)18)20-12(5-1-2-5)9(17)11(7,12)19/h3-5,7-9,17,19H,1-2H2,(H2,14,15,18)/t7-,8+,9?,11+,12+/m0/s1. The molecule has 0 aromatic carbocycles. The first-order valence-corrected chi connectivity index (χ1v) is 6.93. The minimum atomic E-state index is -1.50. The lowest BCUT2D eigenvalue weighted by Gasteiger charge is -2.23. The largest absolute Gasteiger partial charge is 0.387 e. The second-order valence-electron chi connectivity index (χ2n) is 5.75. The summed E-state index contributed by atoms with van der Waals surface area (Å²) in [4.78, 5) is 15.5. The molecule has 3 aliphatic rings. The first-order valence-electron chi connectivity index (χ1n) is 6.50. The second-order valence-corrected chi connectivity index (χ2v) is 6.22. The van der Waals surface area contributed by atoms with Crippen molar-refractivity contribution in [3.8, 4) is 0 Å². The molecule has 20 heavy (non-hydrogen) atoms. The molecular weight excluding hydrogens is 286 g/mol. The van der Waals surface area contributed by atoms with Crippen molar-refractivity contribution in [3.05, 3.63) is 22.7 Å². The van der Waals surface area contributed by atoms with E-state index in [-0.39, 0.29) is 11.7 Å². The van der Waals surface area contributed by atoms with Crippen LogP contribution in [-0.2, 0) is 4.74 Å². The van der Waals surface area contributed by atoms with Gasteiger partial charge in [-0.2, -0.15) is 4.98 Å². The number of nitrogens with two attached hydrogens (primary N) is 1. The molecule has 108 valence electrons. The lowest BCUT2D eigenvalue weighted by atomic mass is 10.1. The van der Waals surface area contributed by atoms with E-state index in [4.69, 9.17) is 22.1 Å². The number of nitrogen functional groups attached to an aromatic ring is 1. The summed E-state index contributed by atoms with van der Waals surface area (Å²) in [7, 11) is 0. The predicted octanol–water partition coefficient (Wildman–Crippen LogP) is -0.784. The molecule has 1 saturated heterocycles. The fourth-order valence-corrected chi connectivity index (χ4v) is 3.90. The Kier molecular flexibility index (Phi) is 2.23. The third kappa shape index (κ3) is 1.22. The first kappa shape index (κ1) is 12.6. The average molecular weight is 300 g/mol. The number of aromatic nitrogens is 2. The Bertz CT molecular complexity index is 648. The van der Waals surface area contributed by atoms with Gasteiger partial charge in [0.2, 0.25) is 0 Å². The molecule has 2 aliphatic carbocycles. The summed E-state index contributed by atoms with van der Waals surface area (Å²) in [5.41, 5.74) is 2.31. The lowest BCUT2D eigenvalue weighted by Crippen LogP contribution is -2.37. The highest BCUT2D eigenvalue weighted by Crippen LogP contribution is 2.71. The molecule has 3 fully saturated rings. The van der Waals surface area contributed by atoms with E-state index in [9.17, 15) is 15.0 Å². The van der Waals surface area contributed by atoms with E-state index in [1.165, 1.54) is 16.8 Å². The molecule has 1 aromatic rings. The summed E-state index contributed by atoms with van der Waals surface area (Å²) in [6.45, 7) is 0. The molecule has 1 unspecified atom stereocenters. The molecule has 7 nitrogen and oxygen atoms in total. The van der Waals surface area contributed by atoms with E-state index in [0.717, 1.165) is 12.8 Å². The lowest BCUT2D eigenvalue weighted by molar-refractivity contribution is -0.0770. The SMILES string of the molecule is Nc1ccn([C@@H]2O[C@]3(C4CC4)C(O)[C@]3(O)[C@H]2Cl)c(=O)n1. The molecule has 0 bridgehead atoms. The van der Waals surface area contributed by atoms with Crippen molar-refractivity contribution < 1.29 is 14.9 Å². The number of nitrogens with zero attached hydrogens (tertiary/aromatic N) is 2. The van der Waals surface area contributed by atoms with Crippen molar-refractivity contribution in [2.75, 3.05) is 5.73 Å². The zero-order chi connectivity index (χ0) is 14.3. The Balaban J connectivity index is 1.74. The van der Waals surface area contributed by atoms with Gasteiger partial charge in [-0.05, 0) is 24.8 Å². The number of hydrogen-bond acceptors (Lipinski definition) is 6. The van der Waals surface area contributed by atoms with Gasteiger partial charge in [-0.25, -0.2) is 4.79 Å². The summed E-state index contributed by atoms with van der Waals surface area (Å²) >= 11 is 6.26. The van der Waals surface area contributed by atoms with Crippen LogP contribution in [0.4, 0.5) is 5.82 Å². The molecule has 0 spiro atoms. The molecule has 2 heterocycles. The minimum Gasteiger partial charge on any atom is -0.387 e. The Labute approximate surface area is 118 Å². The Hall–Kier alpha value is -1.15. The number of halogens is 1. The molecule has 4 rings (SSSR count). The maximum atomic E-state index is 11.9. The van der Waals surface area contributed by atoms with Crippen LogP contribution in [0.5, 0.6) is 0 Å². The summed E-state index contributed by atoms with van der Waals surface area (Å²) in [6, 6.07) is 1.46. The van der Waals surface area contributed by atoms with E-state index in [0.29, 0.717) is 0 Å². The number of alkyl halides is 1. The minimum absolute atomic E-state index is 0.0891. The quantitative estimate of drug-likeness (QED) is 0.618. The van der Waals surface area contributed by atoms with E-state index < -0.39 is 34.6 Å². The van der Waals surface area contributed by atoms with Gasteiger partial charge in [-0.15, -0.1) is 11.6 Å². The van der Waals surface area contributed by atoms with Crippen LogP contribution < -0.4 is 11.4 Å². The van der Waals surface area contributed by atoms with Gasteiger partial charge in [-0.1, -0.05) is 0 Å². The van der Waals surface area contributed by atoms with Gasteiger partial charge < -0.3 is 20.7 Å². The molecule has 4 N–H and O–H groups in total. The summed E-state index contributed by atoms with van der Waals surface area (Å²) in [5.74, 6) is 0.197. The molecule has 1 aliphatic heterocycles. The monoisotopic (exact) mass is 299 g/mol. The van der Waals surface area contributed by atoms with E-state index in [1.54, 1.807) is 0 Å². The van der Waals surface area contributed by atoms with Gasteiger partial charge >= 0.3 is 5.69 Å². The zero-order valence-corrected chi connectivity index (χ0v) is 11.2. The highest BCUT2D eigenvalue weighted by molar-refractivity contribution is 6.22. The fourth-order valence-electron chi connectivity index (χ4n) is 3.44. The number of rotatable bonds is 2. The first-order chi connectivity index (χ1) is 9.43. The van der Waals surface area contributed by atoms with Crippen LogP contribution in [0, 0.1) is 5.92 Å². The third-order valence-electron chi connectivity index (χ3n) is 4.66. The van der Waals surface area contributed by atoms with Crippen LogP contribution in [0.15, 0.2) is 17.1 Å². The van der Waals surface area contributed by atoms with Crippen LogP contribution in [0.25, 0.3) is 0 Å². The Morgan fingerprint density at radius 3 is 2.85 bits per heavy atom. The maximum Gasteiger partial charge on any atom is 0.351 e. The van der Waals surface area contributed by atoms with Crippen molar-refractivity contribution in [1.82, 2.24) is 9.55 Å². The topological polar surface area (TPSA) is 111 Å². The Morgan fingerprint density at radius 1 is 1.55 bits per heavy atom. The van der Waals surface area contributed by atoms with Gasteiger partial charge in [-0.3, -0.25) is 4.57 Å². The van der Waals surface area contributed by atoms with Crippen LogP contribution in [-0.4, -0.2) is 42.4 Å². The van der Waals surface area contributed by atoms with Crippen molar-refractivity contribution >= 4 is 17.4 Å². The molecular formula is C12H14ClN3O4. The summed E-state index contributed by atoms with van der Waals surface area (Å²) in [6.07, 6.45) is 1.34. The number of hydrogen-bond donors (Lipinski definition) is 3. The molecule has 8 heteroatoms. The molecule has 0 radical (unpaired) electrons. The summed E-state index contributed by atoms with van der Waals surface area (Å²) < 4.78 is 7.03. The van der Waals surface area contributed by atoms with Gasteiger partial charge in [0.05, 0.1) is 0 Å². The number of anilines is 1. The zero-order valence-electron chi connectivity index (χ0n) is 10.4. The van der Waals surface area contributed by atoms with Crippen LogP contribution in [0.1, 0.15) is 19.1 Å². The smallest absolute Gasteiger partial charge is 0.351 e. The van der Waals surface area contributed by atoms with Crippen LogP contribution in [0.2, 0.25) is 0 Å². The van der Waals surface area contributed by atoms with Crippen molar-refractivity contribution in [1.29, 1.82) is 0 Å². The van der Waals surface area contributed by atoms with Gasteiger partial charge in [0.25, 0.3) is 0 Å². The third-order valence-corrected chi connectivity index (χ3v) is 5.21. The van der Waals surface area contributed by atoms with Crippen LogP contribution in [0.3, 0.4) is 0 Å². The van der Waals surface area contributed by atoms with Gasteiger partial charge in [0, 0.05) is 6.20 Å². The average Bonchev–Trinajstić information content (AvgIpc) is 3.28. The summed E-state index contributed by atoms with van der Waals surface area (Å²) in [5, 5.41) is 19.7. The fraction of sp³-hybridized carbons (Fsp3) is 0.667. The molecule has 1 aromatic heterocycles. The molecule has 5 atom stereocenters. The van der Waals surface area contributed by atoms with Crippen LogP contribution >= 0.6 is 11.6 Å². The highest BCUT2D eigenvalue weighted by Gasteiger charge is 2.90. The second kappa shape index (κ2) is 3.54. The van der Waals surface area contributed by atoms with E-state index in [2.05, 4.69) is 4.98 Å². The predicted molar refractivity (Wildman–Crippen MR) is 69.1 cm³/mol. The normalized spacial score (nSPS) is 46.2. The number of ether oxygens (including phenoxy) is 1. The number of aliphatic hydroxyl groups excluding tert-OH is 1. The van der Waals surface area contributed by atoms with Crippen molar-refractivity contribution in [2.24, 2.45) is 5.92 Å². The van der Waals surface area contributed by atoms with Gasteiger partial charge in [0.15, 0.2) is 6.23 Å².